The Hall–Kier alpha value is -3.07. The highest BCUT2D eigenvalue weighted by Crippen LogP contribution is 2.47. The van der Waals surface area contributed by atoms with Gasteiger partial charge < -0.3 is 9.47 Å². The molecule has 9 heteroatoms. The third-order valence-corrected chi connectivity index (χ3v) is 4.56. The molecule has 25 heavy (non-hydrogen) atoms. The summed E-state index contributed by atoms with van der Waals surface area (Å²) in [5.74, 6) is -3.05. The van der Waals surface area contributed by atoms with Crippen LogP contribution in [0.15, 0.2) is 30.4 Å². The van der Waals surface area contributed by atoms with E-state index in [1.165, 1.54) is 12.1 Å². The molecule has 3 aliphatic heterocycles. The van der Waals surface area contributed by atoms with E-state index in [0.29, 0.717) is 0 Å². The van der Waals surface area contributed by atoms with Gasteiger partial charge >= 0.3 is 11.7 Å². The lowest BCUT2D eigenvalue weighted by Crippen LogP contribution is -2.34. The molecule has 128 valence electrons. The lowest BCUT2D eigenvalue weighted by atomic mass is 9.85. The lowest BCUT2D eigenvalue weighted by Gasteiger charge is -2.17. The fourth-order valence-electron chi connectivity index (χ4n) is 3.59. The van der Waals surface area contributed by atoms with E-state index < -0.39 is 52.4 Å². The van der Waals surface area contributed by atoms with Gasteiger partial charge in [-0.05, 0) is 12.1 Å². The number of imide groups is 1. The summed E-state index contributed by atoms with van der Waals surface area (Å²) in [6.45, 7) is 1.12. The zero-order valence-corrected chi connectivity index (χ0v) is 12.9. The van der Waals surface area contributed by atoms with Crippen LogP contribution in [0.1, 0.15) is 6.92 Å². The summed E-state index contributed by atoms with van der Waals surface area (Å²) in [7, 11) is 0. The molecule has 9 nitrogen and oxygen atoms in total. The van der Waals surface area contributed by atoms with Gasteiger partial charge in [-0.15, -0.1) is 0 Å². The van der Waals surface area contributed by atoms with Crippen molar-refractivity contribution in [3.63, 3.8) is 0 Å². The molecule has 0 aromatic heterocycles. The smallest absolute Gasteiger partial charge is 0.313 e. The van der Waals surface area contributed by atoms with Crippen LogP contribution in [-0.4, -0.2) is 34.9 Å². The Morgan fingerprint density at radius 3 is 2.32 bits per heavy atom. The summed E-state index contributed by atoms with van der Waals surface area (Å²) in [6, 6.07) is 3.61. The molecule has 0 N–H and O–H groups in total. The third kappa shape index (κ3) is 2.16. The average Bonchev–Trinajstić information content (AvgIpc) is 3.21. The minimum absolute atomic E-state index is 0.0754. The first-order valence-corrected chi connectivity index (χ1v) is 7.57. The molecule has 2 fully saturated rings. The number of rotatable bonds is 3. The van der Waals surface area contributed by atoms with Gasteiger partial charge in [-0.25, -0.2) is 4.90 Å². The molecule has 2 bridgehead atoms. The molecule has 3 aliphatic rings. The number of fused-ring (bicyclic) bond motifs is 5. The Morgan fingerprint density at radius 2 is 1.80 bits per heavy atom. The van der Waals surface area contributed by atoms with Gasteiger partial charge in [0.15, 0.2) is 0 Å². The van der Waals surface area contributed by atoms with E-state index in [-0.39, 0.29) is 11.4 Å². The highest BCUT2D eigenvalue weighted by Gasteiger charge is 2.61. The summed E-state index contributed by atoms with van der Waals surface area (Å²) >= 11 is 0. The predicted molar refractivity (Wildman–Crippen MR) is 81.7 cm³/mol. The second kappa shape index (κ2) is 5.21. The van der Waals surface area contributed by atoms with Crippen molar-refractivity contribution in [3.8, 4) is 5.75 Å². The van der Waals surface area contributed by atoms with Crippen molar-refractivity contribution in [3.05, 3.63) is 40.5 Å². The number of carbonyl (C=O) groups is 3. The number of amides is 2. The fraction of sp³-hybridized carbons (Fsp3) is 0.312. The van der Waals surface area contributed by atoms with Gasteiger partial charge in [-0.1, -0.05) is 12.2 Å². The SMILES string of the molecule is CC(=O)Oc1ccc(N2C(=O)[C@@H]3[C@@H](C2=O)[C@H]2C=C[C@@H]3O2)cc1[N+](=O)[O-]. The van der Waals surface area contributed by atoms with Crippen LogP contribution in [0.2, 0.25) is 0 Å². The van der Waals surface area contributed by atoms with Crippen LogP contribution in [0.5, 0.6) is 5.75 Å². The normalized spacial score (nSPS) is 29.2. The molecule has 4 rings (SSSR count). The van der Waals surface area contributed by atoms with Crippen molar-refractivity contribution in [2.75, 3.05) is 4.90 Å². The van der Waals surface area contributed by atoms with Gasteiger partial charge in [0.2, 0.25) is 17.6 Å². The Balaban J connectivity index is 1.72. The maximum absolute atomic E-state index is 12.7. The zero-order chi connectivity index (χ0) is 17.9. The zero-order valence-electron chi connectivity index (χ0n) is 12.9. The summed E-state index contributed by atoms with van der Waals surface area (Å²) < 4.78 is 10.3. The standard InChI is InChI=1S/C16H12N2O7/c1-7(19)24-10-3-2-8(6-9(10)18(22)23)17-15(20)13-11-4-5-12(25-11)14(13)16(17)21/h2-6,11-14H,1H3/t11-,12+,13-,14-/m0/s1. The van der Waals surface area contributed by atoms with Crippen molar-refractivity contribution in [2.24, 2.45) is 11.8 Å². The molecular weight excluding hydrogens is 332 g/mol. The van der Waals surface area contributed by atoms with E-state index in [1.807, 2.05) is 0 Å². The van der Waals surface area contributed by atoms with E-state index in [0.717, 1.165) is 17.9 Å². The number of esters is 1. The number of hydrogen-bond acceptors (Lipinski definition) is 7. The molecule has 2 saturated heterocycles. The van der Waals surface area contributed by atoms with Crippen molar-refractivity contribution < 1.29 is 28.8 Å². The van der Waals surface area contributed by atoms with Gasteiger partial charge in [0, 0.05) is 13.0 Å². The van der Waals surface area contributed by atoms with Crippen molar-refractivity contribution in [1.82, 2.24) is 0 Å². The number of nitrogens with zero attached hydrogens (tertiary/aromatic N) is 2. The van der Waals surface area contributed by atoms with Crippen molar-refractivity contribution >= 4 is 29.2 Å². The summed E-state index contributed by atoms with van der Waals surface area (Å²) in [4.78, 5) is 47.9. The van der Waals surface area contributed by atoms with Crippen LogP contribution in [0.4, 0.5) is 11.4 Å². The number of benzene rings is 1. The van der Waals surface area contributed by atoms with Gasteiger partial charge in [-0.2, -0.15) is 0 Å². The number of anilines is 1. The Bertz CT molecular complexity index is 832. The summed E-state index contributed by atoms with van der Waals surface area (Å²) in [5.41, 5.74) is -0.422. The largest absolute Gasteiger partial charge is 0.419 e. The molecule has 0 aliphatic carbocycles. The topological polar surface area (TPSA) is 116 Å². The van der Waals surface area contributed by atoms with Crippen LogP contribution < -0.4 is 9.64 Å². The van der Waals surface area contributed by atoms with Crippen molar-refractivity contribution in [2.45, 2.75) is 19.1 Å². The first-order valence-electron chi connectivity index (χ1n) is 7.57. The minimum Gasteiger partial charge on any atom is -0.419 e. The van der Waals surface area contributed by atoms with Crippen LogP contribution in [0.25, 0.3) is 0 Å². The van der Waals surface area contributed by atoms with Crippen molar-refractivity contribution in [1.29, 1.82) is 0 Å². The van der Waals surface area contributed by atoms with Crippen LogP contribution in [-0.2, 0) is 19.1 Å². The average molecular weight is 344 g/mol. The van der Waals surface area contributed by atoms with Gasteiger partial charge in [0.25, 0.3) is 0 Å². The Morgan fingerprint density at radius 1 is 1.20 bits per heavy atom. The van der Waals surface area contributed by atoms with E-state index in [4.69, 9.17) is 9.47 Å². The molecule has 3 heterocycles. The molecular formula is C16H12N2O7. The minimum atomic E-state index is -0.734. The van der Waals surface area contributed by atoms with Crippen LogP contribution in [0.3, 0.4) is 0 Å². The lowest BCUT2D eigenvalue weighted by molar-refractivity contribution is -0.385. The molecule has 0 radical (unpaired) electrons. The van der Waals surface area contributed by atoms with E-state index in [9.17, 15) is 24.5 Å². The van der Waals surface area contributed by atoms with E-state index >= 15 is 0 Å². The molecule has 0 saturated carbocycles. The molecule has 1 aromatic carbocycles. The van der Waals surface area contributed by atoms with Gasteiger partial charge in [0.05, 0.1) is 34.7 Å². The number of nitro benzene ring substituents is 1. The summed E-state index contributed by atoms with van der Waals surface area (Å²) in [6.07, 6.45) is 2.64. The molecule has 0 spiro atoms. The molecule has 4 atom stereocenters. The van der Waals surface area contributed by atoms with Gasteiger partial charge in [-0.3, -0.25) is 24.5 Å². The highest BCUT2D eigenvalue weighted by atomic mass is 16.6. The second-order valence-electron chi connectivity index (χ2n) is 6.02. The second-order valence-corrected chi connectivity index (χ2v) is 6.02. The first-order chi connectivity index (χ1) is 11.9. The number of nitro groups is 1. The maximum Gasteiger partial charge on any atom is 0.313 e. The third-order valence-electron chi connectivity index (χ3n) is 4.56. The summed E-state index contributed by atoms with van der Waals surface area (Å²) in [5, 5.41) is 11.2. The quantitative estimate of drug-likeness (QED) is 0.200. The highest BCUT2D eigenvalue weighted by molar-refractivity contribution is 6.23. The maximum atomic E-state index is 12.7. The van der Waals surface area contributed by atoms with Crippen LogP contribution >= 0.6 is 0 Å². The van der Waals surface area contributed by atoms with Gasteiger partial charge in [0.1, 0.15) is 0 Å². The van der Waals surface area contributed by atoms with Crippen LogP contribution in [0, 0.1) is 22.0 Å². The number of carbonyl (C=O) groups excluding carboxylic acids is 3. The first kappa shape index (κ1) is 15.5. The van der Waals surface area contributed by atoms with E-state index in [1.54, 1.807) is 12.2 Å². The fourth-order valence-corrected chi connectivity index (χ4v) is 3.59. The molecule has 2 amide bonds. The predicted octanol–water partition coefficient (Wildman–Crippen LogP) is 0.963. The Kier molecular flexibility index (Phi) is 3.22. The molecule has 0 unspecified atom stereocenters. The number of ether oxygens (including phenoxy) is 2. The molecule has 1 aromatic rings. The van der Waals surface area contributed by atoms with E-state index in [2.05, 4.69) is 0 Å². The Labute approximate surface area is 140 Å². The number of hydrogen-bond donors (Lipinski definition) is 0. The monoisotopic (exact) mass is 344 g/mol.